The molecule has 4 rings (SSSR count). The predicted molar refractivity (Wildman–Crippen MR) is 114 cm³/mol. The second-order valence-corrected chi connectivity index (χ2v) is 6.63. The van der Waals surface area contributed by atoms with Crippen LogP contribution in [0.1, 0.15) is 15.9 Å². The molecule has 0 saturated heterocycles. The van der Waals surface area contributed by atoms with E-state index in [4.69, 9.17) is 4.74 Å². The van der Waals surface area contributed by atoms with Crippen molar-refractivity contribution in [3.8, 4) is 22.8 Å². The van der Waals surface area contributed by atoms with Crippen LogP contribution in [0.2, 0.25) is 0 Å². The maximum Gasteiger partial charge on any atom is 0.260 e. The number of hydrogen-bond donors (Lipinski definition) is 2. The minimum Gasteiger partial charge on any atom is -0.504 e. The number of ether oxygens (including phenoxy) is 1. The summed E-state index contributed by atoms with van der Waals surface area (Å²) in [6.07, 6.45) is 3.19. The lowest BCUT2D eigenvalue weighted by atomic mass is 10.1. The first-order valence-electron chi connectivity index (χ1n) is 9.35. The van der Waals surface area contributed by atoms with Crippen LogP contribution in [-0.4, -0.2) is 32.9 Å². The van der Waals surface area contributed by atoms with Crippen molar-refractivity contribution in [2.45, 2.75) is 6.54 Å². The average molecular weight is 400 g/mol. The van der Waals surface area contributed by atoms with E-state index in [1.165, 1.54) is 12.3 Å². The molecule has 0 radical (unpaired) electrons. The van der Waals surface area contributed by atoms with Crippen molar-refractivity contribution in [2.24, 2.45) is 0 Å². The number of anilines is 1. The molecule has 0 spiro atoms. The number of nitrogens with one attached hydrogen (secondary N) is 1. The van der Waals surface area contributed by atoms with Crippen molar-refractivity contribution in [1.29, 1.82) is 0 Å². The molecule has 4 aromatic rings. The van der Waals surface area contributed by atoms with E-state index in [1.807, 2.05) is 54.6 Å². The zero-order chi connectivity index (χ0) is 20.9. The van der Waals surface area contributed by atoms with Gasteiger partial charge in [-0.15, -0.1) is 0 Å². The Morgan fingerprint density at radius 3 is 2.53 bits per heavy atom. The van der Waals surface area contributed by atoms with Crippen LogP contribution in [0.25, 0.3) is 11.3 Å². The highest BCUT2D eigenvalue weighted by atomic mass is 16.5. The number of benzene rings is 2. The zero-order valence-corrected chi connectivity index (χ0v) is 16.3. The zero-order valence-electron chi connectivity index (χ0n) is 16.3. The molecule has 7 heteroatoms. The standard InChI is InChI=1S/C23H20N4O3/c1-30-18-11-9-17(10-12-18)21-19(23(29)25-22-20(28)8-5-13-24-22)15-27(26-21)14-16-6-3-2-4-7-16/h2-13,15,28H,14H2,1H3,(H,24,25,29). The Morgan fingerprint density at radius 1 is 1.07 bits per heavy atom. The average Bonchev–Trinajstić information content (AvgIpc) is 3.20. The lowest BCUT2D eigenvalue weighted by Crippen LogP contribution is -2.13. The fraction of sp³-hybridized carbons (Fsp3) is 0.0870. The van der Waals surface area contributed by atoms with Gasteiger partial charge in [-0.05, 0) is 42.0 Å². The van der Waals surface area contributed by atoms with Gasteiger partial charge in [0.25, 0.3) is 5.91 Å². The van der Waals surface area contributed by atoms with Gasteiger partial charge in [0.15, 0.2) is 11.6 Å². The van der Waals surface area contributed by atoms with Crippen molar-refractivity contribution < 1.29 is 14.6 Å². The van der Waals surface area contributed by atoms with E-state index < -0.39 is 5.91 Å². The van der Waals surface area contributed by atoms with Gasteiger partial charge in [0, 0.05) is 18.0 Å². The van der Waals surface area contributed by atoms with Gasteiger partial charge in [-0.2, -0.15) is 5.10 Å². The summed E-state index contributed by atoms with van der Waals surface area (Å²) in [5.74, 6) is 0.300. The summed E-state index contributed by atoms with van der Waals surface area (Å²) in [5, 5.41) is 17.2. The number of carbonyl (C=O) groups excluding carboxylic acids is 1. The SMILES string of the molecule is COc1ccc(-c2nn(Cc3ccccc3)cc2C(=O)Nc2ncccc2O)cc1. The molecule has 0 aliphatic rings. The molecule has 150 valence electrons. The first-order chi connectivity index (χ1) is 14.6. The van der Waals surface area contributed by atoms with Gasteiger partial charge < -0.3 is 15.2 Å². The number of aromatic hydroxyl groups is 1. The largest absolute Gasteiger partial charge is 0.504 e. The summed E-state index contributed by atoms with van der Waals surface area (Å²) < 4.78 is 6.94. The lowest BCUT2D eigenvalue weighted by Gasteiger charge is -2.06. The number of carbonyl (C=O) groups is 1. The molecule has 2 aromatic heterocycles. The first kappa shape index (κ1) is 19.2. The van der Waals surface area contributed by atoms with Crippen molar-refractivity contribution in [1.82, 2.24) is 14.8 Å². The lowest BCUT2D eigenvalue weighted by molar-refractivity contribution is 0.102. The second-order valence-electron chi connectivity index (χ2n) is 6.63. The van der Waals surface area contributed by atoms with Crippen LogP contribution in [0.4, 0.5) is 5.82 Å². The number of pyridine rings is 1. The smallest absolute Gasteiger partial charge is 0.260 e. The van der Waals surface area contributed by atoms with Gasteiger partial charge >= 0.3 is 0 Å². The predicted octanol–water partition coefficient (Wildman–Crippen LogP) is 3.96. The first-order valence-corrected chi connectivity index (χ1v) is 9.35. The summed E-state index contributed by atoms with van der Waals surface area (Å²) in [6.45, 7) is 0.520. The van der Waals surface area contributed by atoms with E-state index in [1.54, 1.807) is 24.1 Å². The van der Waals surface area contributed by atoms with Crippen LogP contribution in [0.5, 0.6) is 11.5 Å². The van der Waals surface area contributed by atoms with Gasteiger partial charge in [0.1, 0.15) is 11.4 Å². The van der Waals surface area contributed by atoms with E-state index in [-0.39, 0.29) is 11.6 Å². The summed E-state index contributed by atoms with van der Waals surface area (Å²) in [5.41, 5.74) is 2.75. The second kappa shape index (κ2) is 8.48. The van der Waals surface area contributed by atoms with Crippen molar-refractivity contribution >= 4 is 11.7 Å². The molecule has 0 aliphatic carbocycles. The molecule has 1 amide bonds. The molecular weight excluding hydrogens is 380 g/mol. The molecule has 7 nitrogen and oxygen atoms in total. The van der Waals surface area contributed by atoms with E-state index in [2.05, 4.69) is 15.4 Å². The molecule has 0 atom stereocenters. The molecule has 0 fully saturated rings. The molecule has 0 aliphatic heterocycles. The Morgan fingerprint density at radius 2 is 1.83 bits per heavy atom. The molecule has 0 bridgehead atoms. The highest BCUT2D eigenvalue weighted by Crippen LogP contribution is 2.27. The van der Waals surface area contributed by atoms with Crippen molar-refractivity contribution in [2.75, 3.05) is 12.4 Å². The summed E-state index contributed by atoms with van der Waals surface area (Å²) >= 11 is 0. The van der Waals surface area contributed by atoms with E-state index in [0.717, 1.165) is 11.1 Å². The summed E-state index contributed by atoms with van der Waals surface area (Å²) in [6, 6.07) is 20.3. The molecule has 2 aromatic carbocycles. The topological polar surface area (TPSA) is 89.3 Å². The number of rotatable bonds is 6. The van der Waals surface area contributed by atoms with Crippen molar-refractivity contribution in [3.05, 3.63) is 90.3 Å². The van der Waals surface area contributed by atoms with Gasteiger partial charge in [-0.3, -0.25) is 9.48 Å². The van der Waals surface area contributed by atoms with Gasteiger partial charge in [0.2, 0.25) is 0 Å². The highest BCUT2D eigenvalue weighted by molar-refractivity contribution is 6.08. The number of methoxy groups -OCH3 is 1. The Hall–Kier alpha value is -4.13. The highest BCUT2D eigenvalue weighted by Gasteiger charge is 2.20. The maximum atomic E-state index is 13.0. The van der Waals surface area contributed by atoms with Gasteiger partial charge in [0.05, 0.1) is 19.2 Å². The minimum atomic E-state index is -0.408. The third-order valence-corrected chi connectivity index (χ3v) is 4.58. The maximum absolute atomic E-state index is 13.0. The third-order valence-electron chi connectivity index (χ3n) is 4.58. The molecule has 0 saturated carbocycles. The fourth-order valence-corrected chi connectivity index (χ4v) is 3.07. The number of amides is 1. The van der Waals surface area contributed by atoms with Crippen LogP contribution in [-0.2, 0) is 6.54 Å². The minimum absolute atomic E-state index is 0.0963. The number of nitrogens with zero attached hydrogens (tertiary/aromatic N) is 3. The monoisotopic (exact) mass is 400 g/mol. The quantitative estimate of drug-likeness (QED) is 0.511. The molecule has 0 unspecified atom stereocenters. The van der Waals surface area contributed by atoms with E-state index in [0.29, 0.717) is 23.6 Å². The molecular formula is C23H20N4O3. The molecule has 30 heavy (non-hydrogen) atoms. The van der Waals surface area contributed by atoms with E-state index in [9.17, 15) is 9.90 Å². The van der Waals surface area contributed by atoms with E-state index >= 15 is 0 Å². The third kappa shape index (κ3) is 4.15. The Bertz CT molecular complexity index is 1150. The Labute approximate surface area is 173 Å². The van der Waals surface area contributed by atoms with Crippen LogP contribution in [0, 0.1) is 0 Å². The number of hydrogen-bond acceptors (Lipinski definition) is 5. The Kier molecular flexibility index (Phi) is 5.43. The Balaban J connectivity index is 1.70. The summed E-state index contributed by atoms with van der Waals surface area (Å²) in [4.78, 5) is 17.0. The molecule has 2 N–H and O–H groups in total. The van der Waals surface area contributed by atoms with Gasteiger partial charge in [-0.25, -0.2) is 4.98 Å². The van der Waals surface area contributed by atoms with Crippen LogP contribution >= 0.6 is 0 Å². The van der Waals surface area contributed by atoms with Crippen molar-refractivity contribution in [3.63, 3.8) is 0 Å². The van der Waals surface area contributed by atoms with Crippen LogP contribution < -0.4 is 10.1 Å². The van der Waals surface area contributed by atoms with Crippen LogP contribution in [0.3, 0.4) is 0 Å². The van der Waals surface area contributed by atoms with Gasteiger partial charge in [-0.1, -0.05) is 30.3 Å². The fourth-order valence-electron chi connectivity index (χ4n) is 3.07. The summed E-state index contributed by atoms with van der Waals surface area (Å²) in [7, 11) is 1.60. The molecule has 2 heterocycles. The van der Waals surface area contributed by atoms with Crippen LogP contribution in [0.15, 0.2) is 79.1 Å². The normalized spacial score (nSPS) is 10.6. The number of aromatic nitrogens is 3.